The standard InChI is InChI=1S/C32H37FN4O4S/c1-35(2)42(40,41)34-31(38)23-14-15-27-28(18-23)37-19-24(32(39)36-16-8-12-25(33)20-36)17-22-11-6-7-13-26(22)30(37)29(27)21-9-4-3-5-10-21/h6-7,11,13-15,17-18,21,25H,3-5,8-10,12,16,19-20H2,1-2H3,(H,34,38). The van der Waals surface area contributed by atoms with Crippen LogP contribution in [0.25, 0.3) is 28.2 Å². The van der Waals surface area contributed by atoms with Gasteiger partial charge in [-0.2, -0.15) is 12.7 Å². The van der Waals surface area contributed by atoms with Crippen LogP contribution in [0.3, 0.4) is 0 Å². The Morgan fingerprint density at radius 3 is 2.50 bits per heavy atom. The zero-order chi connectivity index (χ0) is 29.6. The molecule has 1 N–H and O–H groups in total. The van der Waals surface area contributed by atoms with Crippen LogP contribution in [-0.4, -0.2) is 67.4 Å². The van der Waals surface area contributed by atoms with Crippen LogP contribution in [0.1, 0.15) is 72.3 Å². The molecule has 3 heterocycles. The average Bonchev–Trinajstić information content (AvgIpc) is 3.19. The number of hydrogen-bond acceptors (Lipinski definition) is 4. The third kappa shape index (κ3) is 5.26. The fourth-order valence-corrected chi connectivity index (χ4v) is 7.26. The molecule has 2 aromatic carbocycles. The molecular formula is C32H37FN4O4S. The molecule has 10 heteroatoms. The van der Waals surface area contributed by atoms with Gasteiger partial charge in [0.05, 0.1) is 18.8 Å². The Balaban J connectivity index is 1.53. The number of benzene rings is 2. The van der Waals surface area contributed by atoms with Gasteiger partial charge in [0.2, 0.25) is 0 Å². The van der Waals surface area contributed by atoms with Crippen molar-refractivity contribution in [1.82, 2.24) is 18.5 Å². The van der Waals surface area contributed by atoms with Gasteiger partial charge in [-0.1, -0.05) is 49.6 Å². The van der Waals surface area contributed by atoms with Crippen molar-refractivity contribution in [3.63, 3.8) is 0 Å². The average molecular weight is 593 g/mol. The van der Waals surface area contributed by atoms with Gasteiger partial charge in [-0.3, -0.25) is 9.59 Å². The Morgan fingerprint density at radius 1 is 1.00 bits per heavy atom. The number of carbonyl (C=O) groups excluding carboxylic acids is 2. The maximum Gasteiger partial charge on any atom is 0.303 e. The number of piperidine rings is 1. The van der Waals surface area contributed by atoms with Gasteiger partial charge in [0, 0.05) is 48.2 Å². The molecule has 0 bridgehead atoms. The smallest absolute Gasteiger partial charge is 0.303 e. The number of carbonyl (C=O) groups is 2. The summed E-state index contributed by atoms with van der Waals surface area (Å²) >= 11 is 0. The molecule has 2 amide bonds. The minimum atomic E-state index is -3.97. The molecule has 1 aromatic heterocycles. The monoisotopic (exact) mass is 592 g/mol. The molecule has 1 atom stereocenters. The summed E-state index contributed by atoms with van der Waals surface area (Å²) in [6.07, 6.45) is 7.62. The number of nitrogens with zero attached hydrogens (tertiary/aromatic N) is 3. The zero-order valence-electron chi connectivity index (χ0n) is 24.1. The Morgan fingerprint density at radius 2 is 1.76 bits per heavy atom. The van der Waals surface area contributed by atoms with Crippen molar-refractivity contribution in [3.05, 3.63) is 64.7 Å². The Hall–Kier alpha value is -3.50. The summed E-state index contributed by atoms with van der Waals surface area (Å²) in [5.74, 6) is -0.568. The van der Waals surface area contributed by atoms with Gasteiger partial charge in [-0.25, -0.2) is 9.11 Å². The van der Waals surface area contributed by atoms with Gasteiger partial charge in [0.15, 0.2) is 0 Å². The molecule has 2 fully saturated rings. The maximum atomic E-state index is 14.3. The second-order valence-electron chi connectivity index (χ2n) is 11.9. The van der Waals surface area contributed by atoms with Crippen LogP contribution in [0.4, 0.5) is 4.39 Å². The molecule has 1 unspecified atom stereocenters. The van der Waals surface area contributed by atoms with E-state index in [1.165, 1.54) is 26.1 Å². The van der Waals surface area contributed by atoms with Crippen LogP contribution in [-0.2, 0) is 21.5 Å². The van der Waals surface area contributed by atoms with Crippen LogP contribution in [0.2, 0.25) is 0 Å². The Kier molecular flexibility index (Phi) is 7.70. The topological polar surface area (TPSA) is 91.7 Å². The number of aromatic nitrogens is 1. The van der Waals surface area contributed by atoms with E-state index >= 15 is 0 Å². The van der Waals surface area contributed by atoms with Crippen LogP contribution in [0, 0.1) is 0 Å². The second kappa shape index (κ2) is 11.3. The molecular weight excluding hydrogens is 555 g/mol. The highest BCUT2D eigenvalue weighted by Crippen LogP contribution is 2.46. The fourth-order valence-electron chi connectivity index (χ4n) is 6.73. The predicted octanol–water partition coefficient (Wildman–Crippen LogP) is 5.25. The Labute approximate surface area is 246 Å². The van der Waals surface area contributed by atoms with Crippen molar-refractivity contribution in [3.8, 4) is 11.3 Å². The maximum absolute atomic E-state index is 14.3. The number of nitrogens with one attached hydrogen (secondary N) is 1. The summed E-state index contributed by atoms with van der Waals surface area (Å²) < 4.78 is 44.3. The lowest BCUT2D eigenvalue weighted by atomic mass is 9.81. The molecule has 1 aliphatic carbocycles. The van der Waals surface area contributed by atoms with E-state index in [1.807, 2.05) is 30.3 Å². The first-order chi connectivity index (χ1) is 20.1. The first-order valence-corrected chi connectivity index (χ1v) is 16.2. The van der Waals surface area contributed by atoms with E-state index in [9.17, 15) is 22.4 Å². The number of halogens is 1. The number of fused-ring (bicyclic) bond motifs is 5. The van der Waals surface area contributed by atoms with Gasteiger partial charge in [-0.05, 0) is 60.9 Å². The summed E-state index contributed by atoms with van der Waals surface area (Å²) in [4.78, 5) is 28.6. The third-order valence-corrected chi connectivity index (χ3v) is 10.3. The number of rotatable bonds is 5. The molecule has 42 heavy (non-hydrogen) atoms. The van der Waals surface area contributed by atoms with E-state index in [0.717, 1.165) is 57.7 Å². The first-order valence-electron chi connectivity index (χ1n) is 14.8. The van der Waals surface area contributed by atoms with E-state index in [2.05, 4.69) is 15.4 Å². The predicted molar refractivity (Wildman–Crippen MR) is 162 cm³/mol. The highest BCUT2D eigenvalue weighted by atomic mass is 32.2. The van der Waals surface area contributed by atoms with Crippen LogP contribution in [0.5, 0.6) is 0 Å². The lowest BCUT2D eigenvalue weighted by molar-refractivity contribution is -0.129. The highest BCUT2D eigenvalue weighted by molar-refractivity contribution is 7.87. The molecule has 8 nitrogen and oxygen atoms in total. The summed E-state index contributed by atoms with van der Waals surface area (Å²) in [7, 11) is -1.26. The van der Waals surface area contributed by atoms with Crippen LogP contribution < -0.4 is 4.72 Å². The minimum absolute atomic E-state index is 0.0924. The van der Waals surface area contributed by atoms with Crippen molar-refractivity contribution in [2.75, 3.05) is 27.2 Å². The molecule has 1 saturated heterocycles. The van der Waals surface area contributed by atoms with Crippen LogP contribution >= 0.6 is 0 Å². The highest BCUT2D eigenvalue weighted by Gasteiger charge is 2.32. The summed E-state index contributed by atoms with van der Waals surface area (Å²) in [6, 6.07) is 13.4. The number of amides is 2. The van der Waals surface area contributed by atoms with E-state index in [-0.39, 0.29) is 24.6 Å². The minimum Gasteiger partial charge on any atom is -0.336 e. The lowest BCUT2D eigenvalue weighted by Crippen LogP contribution is -2.41. The normalized spacial score (nSPS) is 19.7. The van der Waals surface area contributed by atoms with Gasteiger partial charge in [0.25, 0.3) is 11.8 Å². The van der Waals surface area contributed by atoms with Gasteiger partial charge < -0.3 is 9.47 Å². The third-order valence-electron chi connectivity index (χ3n) is 8.88. The Bertz CT molecular complexity index is 1690. The molecule has 6 rings (SSSR count). The molecule has 1 saturated carbocycles. The van der Waals surface area contributed by atoms with Gasteiger partial charge in [0.1, 0.15) is 6.17 Å². The molecule has 222 valence electrons. The van der Waals surface area contributed by atoms with Gasteiger partial charge >= 0.3 is 10.2 Å². The quantitative estimate of drug-likeness (QED) is 0.438. The summed E-state index contributed by atoms with van der Waals surface area (Å²) in [5, 5.41) is 1.01. The SMILES string of the molecule is CN(C)S(=O)(=O)NC(=O)c1ccc2c(C3CCCCC3)c3n(c2c1)CC(C(=O)N1CCCC(F)C1)=Cc1ccccc1-3. The van der Waals surface area contributed by atoms with Crippen molar-refractivity contribution in [2.24, 2.45) is 0 Å². The molecule has 2 aliphatic heterocycles. The van der Waals surface area contributed by atoms with E-state index in [4.69, 9.17) is 0 Å². The van der Waals surface area contributed by atoms with E-state index in [1.54, 1.807) is 17.0 Å². The van der Waals surface area contributed by atoms with Crippen molar-refractivity contribution < 1.29 is 22.4 Å². The van der Waals surface area contributed by atoms with Crippen molar-refractivity contribution >= 4 is 39.0 Å². The van der Waals surface area contributed by atoms with Crippen LogP contribution in [0.15, 0.2) is 48.0 Å². The zero-order valence-corrected chi connectivity index (χ0v) is 24.9. The second-order valence-corrected chi connectivity index (χ2v) is 13.8. The summed E-state index contributed by atoms with van der Waals surface area (Å²) in [5.41, 5.74) is 5.75. The fraction of sp³-hybridized carbons (Fsp3) is 0.438. The number of alkyl halides is 1. The number of hydrogen-bond donors (Lipinski definition) is 1. The van der Waals surface area contributed by atoms with E-state index in [0.29, 0.717) is 30.9 Å². The summed E-state index contributed by atoms with van der Waals surface area (Å²) in [6.45, 7) is 0.880. The molecule has 3 aromatic rings. The molecule has 0 radical (unpaired) electrons. The first kappa shape index (κ1) is 28.6. The largest absolute Gasteiger partial charge is 0.336 e. The van der Waals surface area contributed by atoms with E-state index < -0.39 is 22.3 Å². The van der Waals surface area contributed by atoms with Crippen molar-refractivity contribution in [2.45, 2.75) is 63.6 Å². The molecule has 3 aliphatic rings. The van der Waals surface area contributed by atoms with Crippen molar-refractivity contribution in [1.29, 1.82) is 0 Å². The van der Waals surface area contributed by atoms with Gasteiger partial charge in [-0.15, -0.1) is 0 Å². The lowest BCUT2D eigenvalue weighted by Gasteiger charge is -2.30. The number of likely N-dealkylation sites (tertiary alicyclic amines) is 1. The molecule has 0 spiro atoms.